The molecule has 5 nitrogen and oxygen atoms in total. The topological polar surface area (TPSA) is 61.7 Å². The van der Waals surface area contributed by atoms with Gasteiger partial charge in [0.25, 0.3) is 0 Å². The van der Waals surface area contributed by atoms with Gasteiger partial charge in [0.1, 0.15) is 5.82 Å². The fraction of sp³-hybridized carbons (Fsp3) is 0.222. The highest BCUT2D eigenvalue weighted by Crippen LogP contribution is 2.43. The lowest BCUT2D eigenvalue weighted by molar-refractivity contribution is -0.140. The van der Waals surface area contributed by atoms with Crippen molar-refractivity contribution in [3.63, 3.8) is 0 Å². The summed E-state index contributed by atoms with van der Waals surface area (Å²) >= 11 is 0. The van der Waals surface area contributed by atoms with E-state index in [4.69, 9.17) is 5.73 Å². The number of hydrogen-bond acceptors (Lipinski definition) is 3. The van der Waals surface area contributed by atoms with Gasteiger partial charge in [-0.1, -0.05) is 12.2 Å². The summed E-state index contributed by atoms with van der Waals surface area (Å²) in [6.45, 7) is 5.03. The number of nitrogens with two attached hydrogens (primary N) is 1. The first-order chi connectivity index (χ1) is 13.3. The van der Waals surface area contributed by atoms with Crippen LogP contribution >= 0.6 is 0 Å². The van der Waals surface area contributed by atoms with Gasteiger partial charge in [-0.05, 0) is 36.2 Å². The largest absolute Gasteiger partial charge is 0.435 e. The lowest BCUT2D eigenvalue weighted by Gasteiger charge is -2.14. The number of nitrogens with zero attached hydrogens (tertiary/aromatic N) is 4. The smallest absolute Gasteiger partial charge is 0.383 e. The Hall–Kier alpha value is -3.24. The average Bonchev–Trinajstić information content (AvgIpc) is 3.16. The van der Waals surface area contributed by atoms with Crippen molar-refractivity contribution in [2.45, 2.75) is 19.3 Å². The summed E-state index contributed by atoms with van der Waals surface area (Å²) in [6, 6.07) is 3.97. The Morgan fingerprint density at radius 3 is 2.17 bits per heavy atom. The molecule has 0 aliphatic carbocycles. The molecule has 0 radical (unpaired) electrons. The number of alkyl halides is 6. The molecule has 11 heteroatoms. The van der Waals surface area contributed by atoms with Crippen LogP contribution in [0.2, 0.25) is 0 Å². The number of aryl methyl sites for hydroxylation is 1. The number of nitrogen functional groups attached to an aromatic ring is 1. The maximum Gasteiger partial charge on any atom is 0.435 e. The van der Waals surface area contributed by atoms with Crippen molar-refractivity contribution in [1.29, 1.82) is 0 Å². The first-order valence-corrected chi connectivity index (χ1v) is 8.13. The molecule has 29 heavy (non-hydrogen) atoms. The lowest BCUT2D eigenvalue weighted by Crippen LogP contribution is -2.09. The first-order valence-electron chi connectivity index (χ1n) is 8.13. The van der Waals surface area contributed by atoms with Gasteiger partial charge >= 0.3 is 12.4 Å². The van der Waals surface area contributed by atoms with Crippen LogP contribution < -0.4 is 5.73 Å². The second-order valence-corrected chi connectivity index (χ2v) is 6.44. The van der Waals surface area contributed by atoms with Crippen molar-refractivity contribution in [3.05, 3.63) is 53.9 Å². The highest BCUT2D eigenvalue weighted by atomic mass is 19.4. The van der Waals surface area contributed by atoms with E-state index >= 15 is 0 Å². The molecule has 0 spiro atoms. The summed E-state index contributed by atoms with van der Waals surface area (Å²) in [4.78, 5) is 0. The van der Waals surface area contributed by atoms with E-state index in [0.717, 1.165) is 10.7 Å². The van der Waals surface area contributed by atoms with E-state index in [9.17, 15) is 26.3 Å². The van der Waals surface area contributed by atoms with Crippen molar-refractivity contribution in [3.8, 4) is 16.9 Å². The number of halogens is 6. The molecule has 0 saturated carbocycles. The molecule has 3 aromatic rings. The number of benzene rings is 1. The van der Waals surface area contributed by atoms with Crippen LogP contribution in [0.5, 0.6) is 0 Å². The summed E-state index contributed by atoms with van der Waals surface area (Å²) in [6.07, 6.45) is -8.27. The Bertz CT molecular complexity index is 1090. The van der Waals surface area contributed by atoms with Gasteiger partial charge in [-0.2, -0.15) is 41.2 Å². The van der Waals surface area contributed by atoms with Crippen LogP contribution in [0.1, 0.15) is 23.7 Å². The molecule has 3 rings (SSSR count). The van der Waals surface area contributed by atoms with Crippen molar-refractivity contribution >= 4 is 11.4 Å². The molecular weight excluding hydrogens is 400 g/mol. The third-order valence-corrected chi connectivity index (χ3v) is 4.15. The molecular formula is C18H15F6N5. The number of hydrogen-bond donors (Lipinski definition) is 1. The van der Waals surface area contributed by atoms with Crippen LogP contribution in [-0.4, -0.2) is 19.6 Å². The fourth-order valence-corrected chi connectivity index (χ4v) is 2.79. The lowest BCUT2D eigenvalue weighted by atomic mass is 9.96. The standard InChI is InChI=1S/C18H15F6N5/c1-9(2)10-6-11(8-12(7-10)17(19,20)21)14-15(18(22,23)24)27-29(16(14)25)13-4-5-28(3)26-13/h4-8H,1,25H2,2-3H3. The van der Waals surface area contributed by atoms with Crippen molar-refractivity contribution < 1.29 is 26.3 Å². The monoisotopic (exact) mass is 415 g/mol. The van der Waals surface area contributed by atoms with Gasteiger partial charge in [-0.3, -0.25) is 4.68 Å². The molecule has 0 unspecified atom stereocenters. The summed E-state index contributed by atoms with van der Waals surface area (Å²) in [5.74, 6) is -0.489. The quantitative estimate of drug-likeness (QED) is 0.618. The number of aromatic nitrogens is 4. The Labute approximate surface area is 161 Å². The van der Waals surface area contributed by atoms with E-state index in [1.54, 1.807) is 7.05 Å². The molecule has 0 bridgehead atoms. The first kappa shape index (κ1) is 20.5. The molecule has 0 saturated heterocycles. The van der Waals surface area contributed by atoms with Gasteiger partial charge < -0.3 is 5.73 Å². The number of rotatable bonds is 3. The molecule has 2 aromatic heterocycles. The molecule has 0 aliphatic heterocycles. The van der Waals surface area contributed by atoms with Gasteiger partial charge in [-0.25, -0.2) is 0 Å². The Kier molecular flexibility index (Phi) is 4.72. The average molecular weight is 415 g/mol. The van der Waals surface area contributed by atoms with Gasteiger partial charge in [0.2, 0.25) is 0 Å². The minimum Gasteiger partial charge on any atom is -0.383 e. The van der Waals surface area contributed by atoms with Crippen LogP contribution in [-0.2, 0) is 19.4 Å². The van der Waals surface area contributed by atoms with Crippen LogP contribution in [0.3, 0.4) is 0 Å². The molecule has 0 aliphatic rings. The third-order valence-electron chi connectivity index (χ3n) is 4.15. The van der Waals surface area contributed by atoms with Crippen LogP contribution in [0.15, 0.2) is 37.0 Å². The molecule has 154 valence electrons. The SMILES string of the molecule is C=C(C)c1cc(-c2c(C(F)(F)F)nn(-c3ccn(C)n3)c2N)cc(C(F)(F)F)c1. The molecule has 1 aromatic carbocycles. The van der Waals surface area contributed by atoms with Crippen molar-refractivity contribution in [1.82, 2.24) is 19.6 Å². The summed E-state index contributed by atoms with van der Waals surface area (Å²) in [5.41, 5.74) is 2.64. The third kappa shape index (κ3) is 3.84. The Morgan fingerprint density at radius 1 is 1.03 bits per heavy atom. The summed E-state index contributed by atoms with van der Waals surface area (Å²) in [7, 11) is 1.54. The Balaban J connectivity index is 2.34. The predicted molar refractivity (Wildman–Crippen MR) is 94.9 cm³/mol. The number of anilines is 1. The van der Waals surface area contributed by atoms with Crippen LogP contribution in [0.4, 0.5) is 32.2 Å². The second kappa shape index (κ2) is 6.68. The summed E-state index contributed by atoms with van der Waals surface area (Å²) < 4.78 is 83.0. The highest BCUT2D eigenvalue weighted by molar-refractivity contribution is 5.81. The maximum atomic E-state index is 13.6. The predicted octanol–water partition coefficient (Wildman–Crippen LogP) is 4.93. The number of allylic oxidation sites excluding steroid dienone is 1. The van der Waals surface area contributed by atoms with E-state index in [1.807, 2.05) is 0 Å². The summed E-state index contributed by atoms with van der Waals surface area (Å²) in [5, 5.41) is 7.44. The van der Waals surface area contributed by atoms with Gasteiger partial charge in [0.05, 0.1) is 11.1 Å². The van der Waals surface area contributed by atoms with Crippen LogP contribution in [0.25, 0.3) is 22.5 Å². The van der Waals surface area contributed by atoms with Crippen molar-refractivity contribution in [2.24, 2.45) is 7.05 Å². The van der Waals surface area contributed by atoms with Gasteiger partial charge in [0, 0.05) is 19.3 Å². The van der Waals surface area contributed by atoms with E-state index in [-0.39, 0.29) is 22.5 Å². The van der Waals surface area contributed by atoms with E-state index in [1.165, 1.54) is 29.9 Å². The highest BCUT2D eigenvalue weighted by Gasteiger charge is 2.40. The normalized spacial score (nSPS) is 12.4. The zero-order valence-corrected chi connectivity index (χ0v) is 15.2. The molecule has 0 fully saturated rings. The molecule has 2 heterocycles. The van der Waals surface area contributed by atoms with E-state index in [2.05, 4.69) is 16.8 Å². The van der Waals surface area contributed by atoms with E-state index in [0.29, 0.717) is 6.07 Å². The second-order valence-electron chi connectivity index (χ2n) is 6.44. The van der Waals surface area contributed by atoms with Crippen LogP contribution in [0, 0.1) is 0 Å². The van der Waals surface area contributed by atoms with E-state index < -0.39 is 35.0 Å². The van der Waals surface area contributed by atoms with Gasteiger partial charge in [-0.15, -0.1) is 0 Å². The molecule has 2 N–H and O–H groups in total. The van der Waals surface area contributed by atoms with Crippen molar-refractivity contribution in [2.75, 3.05) is 5.73 Å². The molecule has 0 amide bonds. The minimum atomic E-state index is -4.96. The maximum absolute atomic E-state index is 13.6. The zero-order chi connectivity index (χ0) is 21.7. The zero-order valence-electron chi connectivity index (χ0n) is 15.2. The molecule has 0 atom stereocenters. The fourth-order valence-electron chi connectivity index (χ4n) is 2.79. The Morgan fingerprint density at radius 2 is 1.69 bits per heavy atom. The van der Waals surface area contributed by atoms with Gasteiger partial charge in [0.15, 0.2) is 11.5 Å². The minimum absolute atomic E-state index is 0.00569.